The Labute approximate surface area is 153 Å². The molecule has 1 aromatic heterocycles. The summed E-state index contributed by atoms with van der Waals surface area (Å²) in [6.45, 7) is 0.906. The number of nitrogens with zero attached hydrogens (tertiary/aromatic N) is 1. The highest BCUT2D eigenvalue weighted by atomic mass is 35.5. The van der Waals surface area contributed by atoms with Gasteiger partial charge < -0.3 is 15.4 Å². The largest absolute Gasteiger partial charge is 0.451 e. The van der Waals surface area contributed by atoms with Crippen molar-refractivity contribution >= 4 is 35.2 Å². The van der Waals surface area contributed by atoms with Crippen molar-refractivity contribution in [3.8, 4) is 0 Å². The zero-order valence-electron chi connectivity index (χ0n) is 13.7. The molecule has 136 valence electrons. The van der Waals surface area contributed by atoms with Crippen LogP contribution in [0.3, 0.4) is 0 Å². The van der Waals surface area contributed by atoms with E-state index in [-0.39, 0.29) is 11.4 Å². The number of ether oxygens (including phenoxy) is 1. The highest BCUT2D eigenvalue weighted by Crippen LogP contribution is 2.10. The molecule has 0 fully saturated rings. The van der Waals surface area contributed by atoms with Gasteiger partial charge in [0.1, 0.15) is 18.2 Å². The van der Waals surface area contributed by atoms with E-state index in [2.05, 4.69) is 15.6 Å². The number of carbonyl (C=O) groups is 3. The van der Waals surface area contributed by atoms with E-state index in [1.54, 1.807) is 6.07 Å². The lowest BCUT2D eigenvalue weighted by Crippen LogP contribution is -2.36. The zero-order chi connectivity index (χ0) is 19.1. The Balaban J connectivity index is 1.80. The first kappa shape index (κ1) is 19.3. The van der Waals surface area contributed by atoms with E-state index < -0.39 is 36.2 Å². The highest BCUT2D eigenvalue weighted by molar-refractivity contribution is 6.30. The topological polar surface area (TPSA) is 97.4 Å². The minimum absolute atomic E-state index is 0.0670. The van der Waals surface area contributed by atoms with Crippen LogP contribution in [0.2, 0.25) is 5.02 Å². The van der Waals surface area contributed by atoms with Crippen LogP contribution in [0, 0.1) is 5.82 Å². The molecule has 9 heteroatoms. The third-order valence-electron chi connectivity index (χ3n) is 3.14. The summed E-state index contributed by atoms with van der Waals surface area (Å²) in [5.74, 6) is -2.36. The molecule has 0 unspecified atom stereocenters. The number of anilines is 1. The second-order valence-corrected chi connectivity index (χ2v) is 5.61. The maximum atomic E-state index is 13.1. The van der Waals surface area contributed by atoms with Crippen LogP contribution in [-0.2, 0) is 14.3 Å². The Morgan fingerprint density at radius 2 is 2.04 bits per heavy atom. The molecule has 1 aromatic carbocycles. The molecule has 0 radical (unpaired) electrons. The van der Waals surface area contributed by atoms with Gasteiger partial charge in [0.05, 0.1) is 5.02 Å². The standard InChI is InChI=1S/C17H15ClFN3O4/c1-10(16(24)22-14-6-5-12(18)8-20-14)26-15(23)9-21-17(25)11-3-2-4-13(19)7-11/h2-8,10H,9H2,1H3,(H,21,25)(H,20,22,24)/t10-/m1/s1. The third kappa shape index (κ3) is 5.82. The first-order valence-corrected chi connectivity index (χ1v) is 7.88. The quantitative estimate of drug-likeness (QED) is 0.750. The van der Waals surface area contributed by atoms with E-state index in [9.17, 15) is 18.8 Å². The van der Waals surface area contributed by atoms with Crippen LogP contribution in [0.1, 0.15) is 17.3 Å². The molecule has 0 aliphatic heterocycles. The number of halogens is 2. The Bertz CT molecular complexity index is 814. The fourth-order valence-corrected chi connectivity index (χ4v) is 1.97. The number of hydrogen-bond donors (Lipinski definition) is 2. The van der Waals surface area contributed by atoms with E-state index in [1.165, 1.54) is 37.4 Å². The van der Waals surface area contributed by atoms with Gasteiger partial charge in [-0.05, 0) is 37.3 Å². The molecule has 7 nitrogen and oxygen atoms in total. The average Bonchev–Trinajstić information content (AvgIpc) is 2.61. The number of carbonyl (C=O) groups excluding carboxylic acids is 3. The Kier molecular flexibility index (Phi) is 6.62. The molecule has 1 atom stereocenters. The van der Waals surface area contributed by atoms with Gasteiger partial charge in [-0.3, -0.25) is 14.4 Å². The third-order valence-corrected chi connectivity index (χ3v) is 3.36. The van der Waals surface area contributed by atoms with Gasteiger partial charge in [0.2, 0.25) is 0 Å². The molecule has 2 rings (SSSR count). The van der Waals surface area contributed by atoms with Crippen LogP contribution in [0.15, 0.2) is 42.6 Å². The maximum Gasteiger partial charge on any atom is 0.326 e. The van der Waals surface area contributed by atoms with Gasteiger partial charge in [-0.25, -0.2) is 9.37 Å². The minimum Gasteiger partial charge on any atom is -0.451 e. The van der Waals surface area contributed by atoms with Gasteiger partial charge in [0.15, 0.2) is 6.10 Å². The van der Waals surface area contributed by atoms with Gasteiger partial charge in [-0.1, -0.05) is 17.7 Å². The lowest BCUT2D eigenvalue weighted by atomic mass is 10.2. The monoisotopic (exact) mass is 379 g/mol. The summed E-state index contributed by atoms with van der Waals surface area (Å²) in [6, 6.07) is 8.05. The summed E-state index contributed by atoms with van der Waals surface area (Å²) < 4.78 is 18.0. The van der Waals surface area contributed by atoms with Crippen molar-refractivity contribution in [3.63, 3.8) is 0 Å². The van der Waals surface area contributed by atoms with Gasteiger partial charge in [-0.15, -0.1) is 0 Å². The van der Waals surface area contributed by atoms with Crippen LogP contribution in [-0.4, -0.2) is 35.4 Å². The van der Waals surface area contributed by atoms with Crippen LogP contribution in [0.25, 0.3) is 0 Å². The van der Waals surface area contributed by atoms with Crippen molar-refractivity contribution in [2.75, 3.05) is 11.9 Å². The molecule has 0 spiro atoms. The normalized spacial score (nSPS) is 11.3. The van der Waals surface area contributed by atoms with Crippen molar-refractivity contribution in [2.45, 2.75) is 13.0 Å². The van der Waals surface area contributed by atoms with E-state index in [0.717, 1.165) is 6.07 Å². The zero-order valence-corrected chi connectivity index (χ0v) is 14.4. The lowest BCUT2D eigenvalue weighted by molar-refractivity contribution is -0.152. The Morgan fingerprint density at radius 1 is 1.27 bits per heavy atom. The summed E-state index contributed by atoms with van der Waals surface area (Å²) >= 11 is 5.69. The number of aromatic nitrogens is 1. The van der Waals surface area contributed by atoms with Crippen LogP contribution < -0.4 is 10.6 Å². The van der Waals surface area contributed by atoms with E-state index in [4.69, 9.17) is 16.3 Å². The molecule has 0 aliphatic carbocycles. The van der Waals surface area contributed by atoms with Gasteiger partial charge >= 0.3 is 5.97 Å². The second kappa shape index (κ2) is 8.91. The minimum atomic E-state index is -1.11. The first-order chi connectivity index (χ1) is 12.3. The molecule has 2 aromatic rings. The maximum absolute atomic E-state index is 13.1. The Hall–Kier alpha value is -3.00. The molecule has 26 heavy (non-hydrogen) atoms. The smallest absolute Gasteiger partial charge is 0.326 e. The average molecular weight is 380 g/mol. The van der Waals surface area contributed by atoms with Crippen molar-refractivity contribution < 1.29 is 23.5 Å². The Morgan fingerprint density at radius 3 is 2.69 bits per heavy atom. The molecule has 2 amide bonds. The predicted octanol–water partition coefficient (Wildman–Crippen LogP) is 2.17. The molecule has 2 N–H and O–H groups in total. The van der Waals surface area contributed by atoms with E-state index in [1.807, 2.05) is 0 Å². The molecular weight excluding hydrogens is 365 g/mol. The molecule has 1 heterocycles. The number of nitrogens with one attached hydrogen (secondary N) is 2. The highest BCUT2D eigenvalue weighted by Gasteiger charge is 2.19. The fourth-order valence-electron chi connectivity index (χ4n) is 1.85. The molecule has 0 saturated carbocycles. The van der Waals surface area contributed by atoms with Gasteiger partial charge in [0.25, 0.3) is 11.8 Å². The summed E-state index contributed by atoms with van der Waals surface area (Å²) in [4.78, 5) is 39.4. The van der Waals surface area contributed by atoms with Gasteiger partial charge in [-0.2, -0.15) is 0 Å². The van der Waals surface area contributed by atoms with Crippen LogP contribution in [0.4, 0.5) is 10.2 Å². The number of rotatable bonds is 6. The molecular formula is C17H15ClFN3O4. The number of benzene rings is 1. The number of amides is 2. The summed E-state index contributed by atoms with van der Waals surface area (Å²) in [7, 11) is 0. The predicted molar refractivity (Wildman–Crippen MR) is 92.2 cm³/mol. The lowest BCUT2D eigenvalue weighted by Gasteiger charge is -2.13. The summed E-state index contributed by atoms with van der Waals surface area (Å²) in [5, 5.41) is 5.16. The number of hydrogen-bond acceptors (Lipinski definition) is 5. The molecule has 0 aliphatic rings. The van der Waals surface area contributed by atoms with Gasteiger partial charge in [0, 0.05) is 11.8 Å². The van der Waals surface area contributed by atoms with Crippen molar-refractivity contribution in [1.82, 2.24) is 10.3 Å². The van der Waals surface area contributed by atoms with E-state index in [0.29, 0.717) is 5.02 Å². The van der Waals surface area contributed by atoms with Crippen molar-refractivity contribution in [3.05, 3.63) is 59.0 Å². The van der Waals surface area contributed by atoms with E-state index >= 15 is 0 Å². The fraction of sp³-hybridized carbons (Fsp3) is 0.176. The number of pyridine rings is 1. The van der Waals surface area contributed by atoms with Crippen molar-refractivity contribution in [2.24, 2.45) is 0 Å². The summed E-state index contributed by atoms with van der Waals surface area (Å²) in [6.07, 6.45) is 0.251. The number of esters is 1. The van der Waals surface area contributed by atoms with Crippen LogP contribution >= 0.6 is 11.6 Å². The first-order valence-electron chi connectivity index (χ1n) is 7.51. The molecule has 0 bridgehead atoms. The molecule has 0 saturated heterocycles. The summed E-state index contributed by atoms with van der Waals surface area (Å²) in [5.41, 5.74) is 0.0670. The van der Waals surface area contributed by atoms with Crippen molar-refractivity contribution in [1.29, 1.82) is 0 Å². The van der Waals surface area contributed by atoms with Crippen LogP contribution in [0.5, 0.6) is 0 Å². The SMILES string of the molecule is C[C@@H](OC(=O)CNC(=O)c1cccc(F)c1)C(=O)Nc1ccc(Cl)cn1. The second-order valence-electron chi connectivity index (χ2n) is 5.18.